The Hall–Kier alpha value is -1.22. The Balaban J connectivity index is 2.17. The molecule has 0 radical (unpaired) electrons. The minimum absolute atomic E-state index is 0.144. The summed E-state index contributed by atoms with van der Waals surface area (Å²) >= 11 is 0. The van der Waals surface area contributed by atoms with Gasteiger partial charge in [0, 0.05) is 24.1 Å². The Morgan fingerprint density at radius 2 is 2.15 bits per heavy atom. The Morgan fingerprint density at radius 1 is 1.40 bits per heavy atom. The number of fused-ring (bicyclic) bond motifs is 1. The van der Waals surface area contributed by atoms with Crippen molar-refractivity contribution in [2.75, 3.05) is 13.7 Å². The molecule has 0 amide bonds. The highest BCUT2D eigenvalue weighted by Crippen LogP contribution is 2.41. The predicted octanol–water partition coefficient (Wildman–Crippen LogP) is 3.93. The quantitative estimate of drug-likeness (QED) is 0.884. The van der Waals surface area contributed by atoms with Crippen molar-refractivity contribution < 1.29 is 9.47 Å². The lowest BCUT2D eigenvalue weighted by Gasteiger charge is -2.38. The molecule has 0 fully saturated rings. The second-order valence-corrected chi connectivity index (χ2v) is 6.66. The van der Waals surface area contributed by atoms with Gasteiger partial charge in [0.1, 0.15) is 17.1 Å². The van der Waals surface area contributed by atoms with Crippen LogP contribution in [0.2, 0.25) is 0 Å². The third kappa shape index (κ3) is 3.66. The standard InChI is InChI=1S/C17H27NO2/c1-12(2)8-9-18-15-11-17(3,4)20-16-10-13(19-5)6-7-14(15)16/h6-7,10,12,15,18H,8-9,11H2,1-5H3. The van der Waals surface area contributed by atoms with Crippen molar-refractivity contribution in [3.05, 3.63) is 23.8 Å². The Bertz CT molecular complexity index is 454. The summed E-state index contributed by atoms with van der Waals surface area (Å²) in [5, 5.41) is 3.68. The van der Waals surface area contributed by atoms with Crippen molar-refractivity contribution in [2.45, 2.75) is 52.2 Å². The van der Waals surface area contributed by atoms with E-state index in [4.69, 9.17) is 9.47 Å². The summed E-state index contributed by atoms with van der Waals surface area (Å²) in [5.41, 5.74) is 1.10. The number of rotatable bonds is 5. The second-order valence-electron chi connectivity index (χ2n) is 6.66. The molecule has 112 valence electrons. The summed E-state index contributed by atoms with van der Waals surface area (Å²) in [6.07, 6.45) is 2.19. The van der Waals surface area contributed by atoms with E-state index in [1.54, 1.807) is 7.11 Å². The molecular weight excluding hydrogens is 250 g/mol. The van der Waals surface area contributed by atoms with Crippen LogP contribution in [0.15, 0.2) is 18.2 Å². The second kappa shape index (κ2) is 6.04. The van der Waals surface area contributed by atoms with Gasteiger partial charge in [0.05, 0.1) is 7.11 Å². The number of hydrogen-bond donors (Lipinski definition) is 1. The number of hydrogen-bond acceptors (Lipinski definition) is 3. The van der Waals surface area contributed by atoms with Crippen molar-refractivity contribution in [3.8, 4) is 11.5 Å². The van der Waals surface area contributed by atoms with Crippen LogP contribution < -0.4 is 14.8 Å². The van der Waals surface area contributed by atoms with Crippen LogP contribution in [0.3, 0.4) is 0 Å². The third-order valence-electron chi connectivity index (χ3n) is 3.79. The van der Waals surface area contributed by atoms with Crippen LogP contribution in [-0.2, 0) is 0 Å². The molecule has 1 N–H and O–H groups in total. The van der Waals surface area contributed by atoms with Crippen molar-refractivity contribution in [1.29, 1.82) is 0 Å². The fourth-order valence-electron chi connectivity index (χ4n) is 2.69. The van der Waals surface area contributed by atoms with Gasteiger partial charge in [-0.3, -0.25) is 0 Å². The fourth-order valence-corrected chi connectivity index (χ4v) is 2.69. The molecule has 1 aliphatic heterocycles. The summed E-state index contributed by atoms with van der Waals surface area (Å²) in [6.45, 7) is 9.85. The van der Waals surface area contributed by atoms with Crippen LogP contribution in [0.25, 0.3) is 0 Å². The molecule has 2 rings (SSSR count). The highest BCUT2D eigenvalue weighted by molar-refractivity contribution is 5.44. The smallest absolute Gasteiger partial charge is 0.128 e. The summed E-state index contributed by atoms with van der Waals surface area (Å²) in [4.78, 5) is 0. The van der Waals surface area contributed by atoms with E-state index >= 15 is 0 Å². The topological polar surface area (TPSA) is 30.5 Å². The number of nitrogens with one attached hydrogen (secondary N) is 1. The monoisotopic (exact) mass is 277 g/mol. The maximum absolute atomic E-state index is 6.10. The summed E-state index contributed by atoms with van der Waals surface area (Å²) in [7, 11) is 1.69. The summed E-state index contributed by atoms with van der Waals surface area (Å²) in [5.74, 6) is 2.52. The molecule has 0 aliphatic carbocycles. The zero-order valence-electron chi connectivity index (χ0n) is 13.3. The lowest BCUT2D eigenvalue weighted by molar-refractivity contribution is 0.0656. The van der Waals surface area contributed by atoms with Gasteiger partial charge in [-0.25, -0.2) is 0 Å². The molecule has 1 aliphatic rings. The third-order valence-corrected chi connectivity index (χ3v) is 3.79. The van der Waals surface area contributed by atoms with Crippen LogP contribution >= 0.6 is 0 Å². The van der Waals surface area contributed by atoms with E-state index in [9.17, 15) is 0 Å². The highest BCUT2D eigenvalue weighted by atomic mass is 16.5. The van der Waals surface area contributed by atoms with E-state index in [0.29, 0.717) is 6.04 Å². The lowest BCUT2D eigenvalue weighted by Crippen LogP contribution is -2.39. The zero-order chi connectivity index (χ0) is 14.8. The molecular formula is C17H27NO2. The molecule has 3 heteroatoms. The van der Waals surface area contributed by atoms with E-state index < -0.39 is 0 Å². The molecule has 1 atom stereocenters. The molecule has 1 aromatic carbocycles. The van der Waals surface area contributed by atoms with Gasteiger partial charge >= 0.3 is 0 Å². The SMILES string of the molecule is COc1ccc2c(c1)OC(C)(C)CC2NCCC(C)C. The fraction of sp³-hybridized carbons (Fsp3) is 0.647. The lowest BCUT2D eigenvalue weighted by atomic mass is 9.89. The van der Waals surface area contributed by atoms with E-state index in [2.05, 4.69) is 39.1 Å². The van der Waals surface area contributed by atoms with Gasteiger partial charge in [-0.1, -0.05) is 19.9 Å². The van der Waals surface area contributed by atoms with E-state index in [0.717, 1.165) is 30.4 Å². The minimum atomic E-state index is -0.144. The summed E-state index contributed by atoms with van der Waals surface area (Å²) in [6, 6.07) is 6.49. The van der Waals surface area contributed by atoms with E-state index in [1.807, 2.05) is 12.1 Å². The number of ether oxygens (including phenoxy) is 2. The minimum Gasteiger partial charge on any atom is -0.497 e. The molecule has 0 spiro atoms. The van der Waals surface area contributed by atoms with Crippen LogP contribution in [0.5, 0.6) is 11.5 Å². The Morgan fingerprint density at radius 3 is 2.80 bits per heavy atom. The molecule has 0 saturated carbocycles. The maximum Gasteiger partial charge on any atom is 0.128 e. The number of benzene rings is 1. The first-order valence-corrected chi connectivity index (χ1v) is 7.51. The highest BCUT2D eigenvalue weighted by Gasteiger charge is 2.33. The average Bonchev–Trinajstić information content (AvgIpc) is 2.36. The van der Waals surface area contributed by atoms with Gasteiger partial charge in [-0.2, -0.15) is 0 Å². The molecule has 0 aromatic heterocycles. The first-order valence-electron chi connectivity index (χ1n) is 7.51. The number of methoxy groups -OCH3 is 1. The molecule has 1 aromatic rings. The molecule has 1 heterocycles. The van der Waals surface area contributed by atoms with Gasteiger partial charge < -0.3 is 14.8 Å². The first kappa shape index (κ1) is 15.2. The van der Waals surface area contributed by atoms with Gasteiger partial charge in [0.2, 0.25) is 0 Å². The van der Waals surface area contributed by atoms with Gasteiger partial charge in [0.25, 0.3) is 0 Å². The van der Waals surface area contributed by atoms with Crippen molar-refractivity contribution in [2.24, 2.45) is 5.92 Å². The van der Waals surface area contributed by atoms with Gasteiger partial charge in [-0.05, 0) is 38.8 Å². The Kier molecular flexibility index (Phi) is 4.59. The van der Waals surface area contributed by atoms with Gasteiger partial charge in [0.15, 0.2) is 0 Å². The summed E-state index contributed by atoms with van der Waals surface area (Å²) < 4.78 is 11.4. The van der Waals surface area contributed by atoms with Crippen LogP contribution in [0, 0.1) is 5.92 Å². The average molecular weight is 277 g/mol. The van der Waals surface area contributed by atoms with Crippen molar-refractivity contribution in [1.82, 2.24) is 5.32 Å². The molecule has 3 nitrogen and oxygen atoms in total. The Labute approximate surface area is 122 Å². The van der Waals surface area contributed by atoms with Crippen LogP contribution in [-0.4, -0.2) is 19.3 Å². The van der Waals surface area contributed by atoms with Crippen molar-refractivity contribution in [3.63, 3.8) is 0 Å². The molecule has 20 heavy (non-hydrogen) atoms. The van der Waals surface area contributed by atoms with Crippen LogP contribution in [0.1, 0.15) is 52.1 Å². The van der Waals surface area contributed by atoms with Gasteiger partial charge in [-0.15, -0.1) is 0 Å². The first-order chi connectivity index (χ1) is 9.41. The van der Waals surface area contributed by atoms with Crippen LogP contribution in [0.4, 0.5) is 0 Å². The molecule has 1 unspecified atom stereocenters. The maximum atomic E-state index is 6.10. The van der Waals surface area contributed by atoms with Crippen molar-refractivity contribution >= 4 is 0 Å². The molecule has 0 saturated heterocycles. The van der Waals surface area contributed by atoms with E-state index in [1.165, 1.54) is 12.0 Å². The van der Waals surface area contributed by atoms with E-state index in [-0.39, 0.29) is 5.60 Å². The predicted molar refractivity (Wildman–Crippen MR) is 82.5 cm³/mol. The molecule has 0 bridgehead atoms. The normalized spacial score (nSPS) is 20.4. The zero-order valence-corrected chi connectivity index (χ0v) is 13.3. The largest absolute Gasteiger partial charge is 0.497 e.